The minimum Gasteiger partial charge on any atom is -0.240 e. The van der Waals surface area contributed by atoms with Crippen LogP contribution in [-0.4, -0.2) is 14.8 Å². The van der Waals surface area contributed by atoms with E-state index in [1.165, 1.54) is 6.07 Å². The molecule has 3 nitrogen and oxygen atoms in total. The molecule has 0 amide bonds. The zero-order chi connectivity index (χ0) is 11.8. The maximum absolute atomic E-state index is 12.7. The van der Waals surface area contributed by atoms with Crippen LogP contribution in [0.5, 0.6) is 0 Å². The second-order valence-corrected chi connectivity index (χ2v) is 3.01. The molecule has 7 heteroatoms. The molecular weight excluding hydrogens is 226 g/mol. The standard InChI is InChI=1S/C9H5F4N3/c10-8-3-7(1-2-14-8)16-5-6(4-15-16)9(11,12)13/h1-5H. The third-order valence-corrected chi connectivity index (χ3v) is 1.88. The van der Waals surface area contributed by atoms with Gasteiger partial charge in [0.05, 0.1) is 17.4 Å². The Bertz CT molecular complexity index is 503. The third kappa shape index (κ3) is 2.02. The average molecular weight is 231 g/mol. The Morgan fingerprint density at radius 1 is 1.25 bits per heavy atom. The fourth-order valence-electron chi connectivity index (χ4n) is 1.15. The molecule has 0 saturated carbocycles. The molecule has 2 aromatic heterocycles. The van der Waals surface area contributed by atoms with Gasteiger partial charge in [-0.2, -0.15) is 22.7 Å². The monoisotopic (exact) mass is 231 g/mol. The first kappa shape index (κ1) is 10.6. The summed E-state index contributed by atoms with van der Waals surface area (Å²) < 4.78 is 50.4. The van der Waals surface area contributed by atoms with Crippen LogP contribution in [0.2, 0.25) is 0 Å². The first-order chi connectivity index (χ1) is 7.47. The molecule has 0 fully saturated rings. The molecule has 0 aliphatic heterocycles. The molecule has 0 unspecified atom stereocenters. The van der Waals surface area contributed by atoms with Gasteiger partial charge in [-0.3, -0.25) is 0 Å². The molecule has 0 aliphatic carbocycles. The number of halogens is 4. The zero-order valence-electron chi connectivity index (χ0n) is 7.74. The van der Waals surface area contributed by atoms with E-state index in [0.29, 0.717) is 6.20 Å². The summed E-state index contributed by atoms with van der Waals surface area (Å²) in [4.78, 5) is 3.29. The van der Waals surface area contributed by atoms with E-state index in [1.54, 1.807) is 0 Å². The van der Waals surface area contributed by atoms with E-state index < -0.39 is 17.7 Å². The molecule has 16 heavy (non-hydrogen) atoms. The minimum atomic E-state index is -4.45. The summed E-state index contributed by atoms with van der Waals surface area (Å²) >= 11 is 0. The molecule has 0 aliphatic rings. The lowest BCUT2D eigenvalue weighted by molar-refractivity contribution is -0.137. The summed E-state index contributed by atoms with van der Waals surface area (Å²) in [6.07, 6.45) is -1.84. The van der Waals surface area contributed by atoms with Crippen molar-refractivity contribution >= 4 is 0 Å². The number of alkyl halides is 3. The normalized spacial score (nSPS) is 11.8. The van der Waals surface area contributed by atoms with Gasteiger partial charge in [0, 0.05) is 18.5 Å². The lowest BCUT2D eigenvalue weighted by Gasteiger charge is -2.01. The third-order valence-electron chi connectivity index (χ3n) is 1.88. The maximum Gasteiger partial charge on any atom is 0.419 e. The number of rotatable bonds is 1. The molecule has 2 heterocycles. The highest BCUT2D eigenvalue weighted by molar-refractivity contribution is 5.29. The summed E-state index contributed by atoms with van der Waals surface area (Å²) in [5.41, 5.74) is -0.701. The second kappa shape index (κ2) is 3.58. The van der Waals surface area contributed by atoms with Crippen LogP contribution in [0.15, 0.2) is 30.7 Å². The number of nitrogens with zero attached hydrogens (tertiary/aromatic N) is 3. The fourth-order valence-corrected chi connectivity index (χ4v) is 1.15. The first-order valence-corrected chi connectivity index (χ1v) is 4.20. The number of aromatic nitrogens is 3. The van der Waals surface area contributed by atoms with E-state index in [1.807, 2.05) is 0 Å². The number of hydrogen-bond donors (Lipinski definition) is 0. The van der Waals surface area contributed by atoms with Crippen molar-refractivity contribution in [3.63, 3.8) is 0 Å². The van der Waals surface area contributed by atoms with Gasteiger partial charge >= 0.3 is 6.18 Å². The van der Waals surface area contributed by atoms with E-state index >= 15 is 0 Å². The Morgan fingerprint density at radius 3 is 2.56 bits per heavy atom. The van der Waals surface area contributed by atoms with Crippen molar-refractivity contribution < 1.29 is 17.6 Å². The van der Waals surface area contributed by atoms with E-state index in [9.17, 15) is 17.6 Å². The number of hydrogen-bond acceptors (Lipinski definition) is 2. The summed E-state index contributed by atoms with van der Waals surface area (Å²) in [6, 6.07) is 2.35. The van der Waals surface area contributed by atoms with Crippen LogP contribution in [0.25, 0.3) is 5.69 Å². The van der Waals surface area contributed by atoms with Gasteiger partial charge in [-0.05, 0) is 6.07 Å². The first-order valence-electron chi connectivity index (χ1n) is 4.20. The quantitative estimate of drug-likeness (QED) is 0.557. The predicted molar refractivity (Wildman–Crippen MR) is 46.3 cm³/mol. The SMILES string of the molecule is Fc1cc(-n2cc(C(F)(F)F)cn2)ccn1. The predicted octanol–water partition coefficient (Wildman–Crippen LogP) is 2.43. The van der Waals surface area contributed by atoms with Crippen LogP contribution in [0.3, 0.4) is 0 Å². The highest BCUT2D eigenvalue weighted by Gasteiger charge is 2.32. The molecule has 0 N–H and O–H groups in total. The molecule has 2 aromatic rings. The second-order valence-electron chi connectivity index (χ2n) is 3.01. The van der Waals surface area contributed by atoms with Gasteiger partial charge in [-0.25, -0.2) is 9.67 Å². The molecule has 0 spiro atoms. The summed E-state index contributed by atoms with van der Waals surface area (Å²) in [5, 5.41) is 3.50. The van der Waals surface area contributed by atoms with Crippen molar-refractivity contribution in [1.29, 1.82) is 0 Å². The Balaban J connectivity index is 2.39. The van der Waals surface area contributed by atoms with Crippen LogP contribution < -0.4 is 0 Å². The van der Waals surface area contributed by atoms with Gasteiger partial charge in [-0.1, -0.05) is 0 Å². The molecule has 0 bridgehead atoms. The van der Waals surface area contributed by atoms with E-state index in [-0.39, 0.29) is 5.69 Å². The van der Waals surface area contributed by atoms with Crippen molar-refractivity contribution in [1.82, 2.24) is 14.8 Å². The fraction of sp³-hybridized carbons (Fsp3) is 0.111. The molecular formula is C9H5F4N3. The maximum atomic E-state index is 12.7. The van der Waals surface area contributed by atoms with E-state index in [4.69, 9.17) is 0 Å². The van der Waals surface area contributed by atoms with Crippen LogP contribution in [-0.2, 0) is 6.18 Å². The van der Waals surface area contributed by atoms with Crippen molar-refractivity contribution in [2.24, 2.45) is 0 Å². The van der Waals surface area contributed by atoms with E-state index in [0.717, 1.165) is 23.1 Å². The van der Waals surface area contributed by atoms with Crippen LogP contribution in [0.4, 0.5) is 17.6 Å². The van der Waals surface area contributed by atoms with Crippen molar-refractivity contribution in [3.05, 3.63) is 42.2 Å². The van der Waals surface area contributed by atoms with Gasteiger partial charge in [0.15, 0.2) is 0 Å². The smallest absolute Gasteiger partial charge is 0.240 e. The van der Waals surface area contributed by atoms with E-state index in [2.05, 4.69) is 10.1 Å². The largest absolute Gasteiger partial charge is 0.419 e. The molecule has 2 rings (SSSR count). The lowest BCUT2D eigenvalue weighted by Crippen LogP contribution is -2.03. The van der Waals surface area contributed by atoms with Crippen LogP contribution in [0, 0.1) is 5.95 Å². The average Bonchev–Trinajstić information content (AvgIpc) is 2.65. The molecule has 84 valence electrons. The van der Waals surface area contributed by atoms with Gasteiger partial charge in [0.2, 0.25) is 5.95 Å². The lowest BCUT2D eigenvalue weighted by atomic mass is 10.3. The molecule has 0 radical (unpaired) electrons. The highest BCUT2D eigenvalue weighted by Crippen LogP contribution is 2.29. The topological polar surface area (TPSA) is 30.7 Å². The van der Waals surface area contributed by atoms with Crippen molar-refractivity contribution in [2.75, 3.05) is 0 Å². The molecule has 0 saturated heterocycles. The van der Waals surface area contributed by atoms with Crippen molar-refractivity contribution in [3.8, 4) is 5.69 Å². The Labute approximate surface area is 87.3 Å². The summed E-state index contributed by atoms with van der Waals surface area (Å²) in [6.45, 7) is 0. The number of pyridine rings is 1. The minimum absolute atomic E-state index is 0.183. The Hall–Kier alpha value is -1.92. The Kier molecular flexibility index (Phi) is 2.37. The van der Waals surface area contributed by atoms with Crippen molar-refractivity contribution in [2.45, 2.75) is 6.18 Å². The zero-order valence-corrected chi connectivity index (χ0v) is 7.74. The van der Waals surface area contributed by atoms with Gasteiger partial charge in [0.1, 0.15) is 0 Å². The molecule has 0 aromatic carbocycles. The van der Waals surface area contributed by atoms with Crippen LogP contribution >= 0.6 is 0 Å². The Morgan fingerprint density at radius 2 is 2.00 bits per heavy atom. The molecule has 0 atom stereocenters. The summed E-state index contributed by atoms with van der Waals surface area (Å²) in [7, 11) is 0. The van der Waals surface area contributed by atoms with Gasteiger partial charge in [0.25, 0.3) is 0 Å². The summed E-state index contributed by atoms with van der Waals surface area (Å²) in [5.74, 6) is -0.776. The van der Waals surface area contributed by atoms with Gasteiger partial charge in [-0.15, -0.1) is 0 Å². The highest BCUT2D eigenvalue weighted by atomic mass is 19.4. The van der Waals surface area contributed by atoms with Crippen LogP contribution in [0.1, 0.15) is 5.56 Å². The van der Waals surface area contributed by atoms with Gasteiger partial charge < -0.3 is 0 Å².